The topological polar surface area (TPSA) is 70.6 Å². The third kappa shape index (κ3) is 2.62. The fourth-order valence-corrected chi connectivity index (χ4v) is 3.25. The molecule has 1 amide bonds. The molecule has 1 aliphatic carbocycles. The van der Waals surface area contributed by atoms with Gasteiger partial charge < -0.3 is 20.5 Å². The average Bonchev–Trinajstić information content (AvgIpc) is 2.73. The highest BCUT2D eigenvalue weighted by atomic mass is 16.5. The van der Waals surface area contributed by atoms with Gasteiger partial charge in [0.1, 0.15) is 0 Å². The Morgan fingerprint density at radius 3 is 2.56 bits per heavy atom. The summed E-state index contributed by atoms with van der Waals surface area (Å²) in [6, 6.07) is -0.0703. The summed E-state index contributed by atoms with van der Waals surface area (Å²) in [5, 5.41) is 14.9. The summed E-state index contributed by atoms with van der Waals surface area (Å²) in [5.41, 5.74) is -0.568. The smallest absolute Gasteiger partial charge is 0.404 e. The Hall–Kier alpha value is -0.810. The molecule has 0 bridgehead atoms. The second-order valence-corrected chi connectivity index (χ2v) is 6.40. The Kier molecular flexibility index (Phi) is 3.56. The molecule has 3 unspecified atom stereocenters. The van der Waals surface area contributed by atoms with Crippen molar-refractivity contribution in [1.29, 1.82) is 0 Å². The lowest BCUT2D eigenvalue weighted by Crippen LogP contribution is -2.67. The minimum atomic E-state index is -0.951. The Balaban J connectivity index is 2.14. The molecule has 2 rings (SSSR count). The van der Waals surface area contributed by atoms with Crippen LogP contribution in [0.3, 0.4) is 0 Å². The van der Waals surface area contributed by atoms with Crippen molar-refractivity contribution in [3.05, 3.63) is 0 Å². The maximum absolute atomic E-state index is 10.9. The Labute approximate surface area is 108 Å². The van der Waals surface area contributed by atoms with Gasteiger partial charge in [0.2, 0.25) is 0 Å². The number of amides is 1. The fourth-order valence-electron chi connectivity index (χ4n) is 3.25. The molecule has 0 aromatic heterocycles. The average molecular weight is 256 g/mol. The summed E-state index contributed by atoms with van der Waals surface area (Å²) in [6.07, 6.45) is 1.93. The summed E-state index contributed by atoms with van der Waals surface area (Å²) < 4.78 is 6.29. The van der Waals surface area contributed by atoms with E-state index in [0.29, 0.717) is 5.92 Å². The lowest BCUT2D eigenvalue weighted by molar-refractivity contribution is -0.211. The first-order chi connectivity index (χ1) is 8.33. The molecule has 2 aliphatic rings. The quantitative estimate of drug-likeness (QED) is 0.717. The highest BCUT2D eigenvalue weighted by Crippen LogP contribution is 2.46. The van der Waals surface area contributed by atoms with Crippen LogP contribution in [-0.2, 0) is 4.74 Å². The maximum Gasteiger partial charge on any atom is 0.404 e. The van der Waals surface area contributed by atoms with E-state index in [9.17, 15) is 4.79 Å². The molecule has 0 aromatic carbocycles. The molecule has 0 spiro atoms. The molecule has 0 aromatic rings. The lowest BCUT2D eigenvalue weighted by atomic mass is 9.66. The number of ether oxygens (including phenoxy) is 1. The summed E-state index contributed by atoms with van der Waals surface area (Å²) in [4.78, 5) is 10.9. The normalized spacial score (nSPS) is 36.2. The van der Waals surface area contributed by atoms with Gasteiger partial charge in [0.25, 0.3) is 0 Å². The van der Waals surface area contributed by atoms with E-state index in [1.165, 1.54) is 0 Å². The van der Waals surface area contributed by atoms with Crippen molar-refractivity contribution in [2.45, 2.75) is 57.3 Å². The first-order valence-electron chi connectivity index (χ1n) is 6.74. The zero-order valence-corrected chi connectivity index (χ0v) is 11.5. The van der Waals surface area contributed by atoms with Crippen LogP contribution < -0.4 is 10.6 Å². The summed E-state index contributed by atoms with van der Waals surface area (Å²) >= 11 is 0. The van der Waals surface area contributed by atoms with E-state index in [0.717, 1.165) is 32.4 Å². The van der Waals surface area contributed by atoms with Crippen molar-refractivity contribution < 1.29 is 14.6 Å². The van der Waals surface area contributed by atoms with Gasteiger partial charge in [0.15, 0.2) is 0 Å². The molecule has 3 N–H and O–H groups in total. The molecule has 1 heterocycles. The SMILES string of the molecule is CC(C)(C)OC1(C2CCNC2)CCC1NC(=O)O. The second kappa shape index (κ2) is 4.70. The van der Waals surface area contributed by atoms with Gasteiger partial charge in [-0.15, -0.1) is 0 Å². The van der Waals surface area contributed by atoms with E-state index < -0.39 is 6.09 Å². The number of carboxylic acid groups (broad SMARTS) is 1. The summed E-state index contributed by atoms with van der Waals surface area (Å²) in [7, 11) is 0. The number of hydrogen-bond acceptors (Lipinski definition) is 3. The molecule has 104 valence electrons. The van der Waals surface area contributed by atoms with Crippen LogP contribution in [0.1, 0.15) is 40.0 Å². The number of hydrogen-bond donors (Lipinski definition) is 3. The van der Waals surface area contributed by atoms with E-state index in [1.54, 1.807) is 0 Å². The van der Waals surface area contributed by atoms with Gasteiger partial charge in [0.05, 0.1) is 17.2 Å². The zero-order chi connectivity index (χ0) is 13.4. The number of carbonyl (C=O) groups is 1. The fraction of sp³-hybridized carbons (Fsp3) is 0.923. The van der Waals surface area contributed by atoms with Crippen LogP contribution in [0.5, 0.6) is 0 Å². The Morgan fingerprint density at radius 1 is 1.44 bits per heavy atom. The molecule has 2 fully saturated rings. The van der Waals surface area contributed by atoms with Crippen molar-refractivity contribution in [2.75, 3.05) is 13.1 Å². The monoisotopic (exact) mass is 256 g/mol. The third-order valence-corrected chi connectivity index (χ3v) is 3.96. The number of nitrogens with one attached hydrogen (secondary N) is 2. The molecule has 1 saturated heterocycles. The standard InChI is InChI=1S/C13H24N2O3/c1-12(2,3)18-13(9-5-7-14-8-9)6-4-10(13)15-11(16)17/h9-10,14-15H,4-8H2,1-3H3,(H,16,17). The van der Waals surface area contributed by atoms with Gasteiger partial charge >= 0.3 is 6.09 Å². The Bertz CT molecular complexity index is 321. The summed E-state index contributed by atoms with van der Waals surface area (Å²) in [6.45, 7) is 8.03. The molecule has 1 saturated carbocycles. The van der Waals surface area contributed by atoms with Crippen LogP contribution in [0, 0.1) is 5.92 Å². The van der Waals surface area contributed by atoms with Gasteiger partial charge in [0, 0.05) is 12.5 Å². The van der Waals surface area contributed by atoms with Crippen LogP contribution in [0.25, 0.3) is 0 Å². The minimum Gasteiger partial charge on any atom is -0.465 e. The first kappa shape index (κ1) is 13.6. The molecule has 0 radical (unpaired) electrons. The van der Waals surface area contributed by atoms with Crippen LogP contribution in [0.4, 0.5) is 4.79 Å². The summed E-state index contributed by atoms with van der Waals surface area (Å²) in [5.74, 6) is 0.405. The van der Waals surface area contributed by atoms with Gasteiger partial charge in [-0.3, -0.25) is 0 Å². The molecule has 1 aliphatic heterocycles. The maximum atomic E-state index is 10.9. The highest BCUT2D eigenvalue weighted by Gasteiger charge is 2.56. The Morgan fingerprint density at radius 2 is 2.17 bits per heavy atom. The van der Waals surface area contributed by atoms with Gasteiger partial charge in [-0.25, -0.2) is 4.79 Å². The van der Waals surface area contributed by atoms with E-state index >= 15 is 0 Å². The van der Waals surface area contributed by atoms with Crippen molar-refractivity contribution in [2.24, 2.45) is 5.92 Å². The molecule has 5 nitrogen and oxygen atoms in total. The van der Waals surface area contributed by atoms with E-state index in [1.807, 2.05) is 20.8 Å². The van der Waals surface area contributed by atoms with E-state index in [2.05, 4.69) is 10.6 Å². The molecule has 3 atom stereocenters. The van der Waals surface area contributed by atoms with E-state index in [-0.39, 0.29) is 17.2 Å². The van der Waals surface area contributed by atoms with Gasteiger partial charge in [-0.2, -0.15) is 0 Å². The predicted molar refractivity (Wildman–Crippen MR) is 68.7 cm³/mol. The van der Waals surface area contributed by atoms with Gasteiger partial charge in [-0.1, -0.05) is 0 Å². The minimum absolute atomic E-state index is 0.0703. The molecule has 5 heteroatoms. The predicted octanol–water partition coefficient (Wildman–Crippen LogP) is 1.58. The van der Waals surface area contributed by atoms with E-state index in [4.69, 9.17) is 9.84 Å². The lowest BCUT2D eigenvalue weighted by Gasteiger charge is -2.55. The van der Waals surface area contributed by atoms with Crippen LogP contribution in [-0.4, -0.2) is 41.5 Å². The molecular weight excluding hydrogens is 232 g/mol. The van der Waals surface area contributed by atoms with Crippen LogP contribution in [0.15, 0.2) is 0 Å². The molecular formula is C13H24N2O3. The van der Waals surface area contributed by atoms with Crippen LogP contribution in [0.2, 0.25) is 0 Å². The van der Waals surface area contributed by atoms with Crippen molar-refractivity contribution in [3.63, 3.8) is 0 Å². The first-order valence-corrected chi connectivity index (χ1v) is 6.74. The van der Waals surface area contributed by atoms with Crippen LogP contribution >= 0.6 is 0 Å². The van der Waals surface area contributed by atoms with Gasteiger partial charge in [-0.05, 0) is 46.6 Å². The van der Waals surface area contributed by atoms with Crippen molar-refractivity contribution in [3.8, 4) is 0 Å². The largest absolute Gasteiger partial charge is 0.465 e. The zero-order valence-electron chi connectivity index (χ0n) is 11.5. The third-order valence-electron chi connectivity index (χ3n) is 3.96. The molecule has 18 heavy (non-hydrogen) atoms. The van der Waals surface area contributed by atoms with Crippen molar-refractivity contribution in [1.82, 2.24) is 10.6 Å². The second-order valence-electron chi connectivity index (χ2n) is 6.40. The highest BCUT2D eigenvalue weighted by molar-refractivity contribution is 5.65. The van der Waals surface area contributed by atoms with Crippen molar-refractivity contribution >= 4 is 6.09 Å². The number of rotatable bonds is 3.